The molecule has 0 N–H and O–H groups in total. The highest BCUT2D eigenvalue weighted by molar-refractivity contribution is 6.11. The van der Waals surface area contributed by atoms with Crippen LogP contribution in [-0.4, -0.2) is 18.4 Å². The Labute approximate surface area is 208 Å². The van der Waals surface area contributed by atoms with E-state index in [-0.39, 0.29) is 11.5 Å². The van der Waals surface area contributed by atoms with Gasteiger partial charge in [0.15, 0.2) is 5.78 Å². The van der Waals surface area contributed by atoms with Crippen molar-refractivity contribution in [2.24, 2.45) is 0 Å². The van der Waals surface area contributed by atoms with Gasteiger partial charge in [0.2, 0.25) is 0 Å². The fraction of sp³-hybridized carbons (Fsp3) is 0.290. The van der Waals surface area contributed by atoms with Gasteiger partial charge in [-0.15, -0.1) is 0 Å². The van der Waals surface area contributed by atoms with Crippen LogP contribution in [0, 0.1) is 0 Å². The Balaban J connectivity index is 1.47. The number of benzene rings is 3. The van der Waals surface area contributed by atoms with E-state index < -0.39 is 5.97 Å². The lowest BCUT2D eigenvalue weighted by Crippen LogP contribution is -2.09. The van der Waals surface area contributed by atoms with Crippen LogP contribution in [0.1, 0.15) is 73.4 Å². The maximum atomic E-state index is 12.8. The van der Waals surface area contributed by atoms with Gasteiger partial charge in [-0.1, -0.05) is 100 Å². The third-order valence-corrected chi connectivity index (χ3v) is 5.69. The number of carbonyl (C=O) groups is 2. The molecule has 3 aromatic rings. The summed E-state index contributed by atoms with van der Waals surface area (Å²) in [7, 11) is 0. The van der Waals surface area contributed by atoms with Gasteiger partial charge in [0.25, 0.3) is 0 Å². The number of carbonyl (C=O) groups excluding carboxylic acids is 2. The standard InChI is InChI=1S/C31H34O4/c1-2-3-4-5-6-7-13-24-34-27-21-18-25(19-22-27)20-23-30(32)35-29-17-12-11-16-28(29)31(33)26-14-9-8-10-15-26/h8-12,14-23H,2-7,13,24H2,1H3/b23-20+. The number of rotatable bonds is 14. The number of hydrogen-bond acceptors (Lipinski definition) is 4. The van der Waals surface area contributed by atoms with Crippen molar-refractivity contribution in [2.75, 3.05) is 6.61 Å². The van der Waals surface area contributed by atoms with Crippen LogP contribution in [0.4, 0.5) is 0 Å². The lowest BCUT2D eigenvalue weighted by atomic mass is 10.0. The van der Waals surface area contributed by atoms with Gasteiger partial charge in [0.05, 0.1) is 12.2 Å². The van der Waals surface area contributed by atoms with E-state index in [1.165, 1.54) is 44.6 Å². The van der Waals surface area contributed by atoms with Crippen molar-refractivity contribution in [1.82, 2.24) is 0 Å². The monoisotopic (exact) mass is 470 g/mol. The van der Waals surface area contributed by atoms with Crippen molar-refractivity contribution < 1.29 is 19.1 Å². The molecular formula is C31H34O4. The van der Waals surface area contributed by atoms with Gasteiger partial charge in [0, 0.05) is 11.6 Å². The summed E-state index contributed by atoms with van der Waals surface area (Å²) in [4.78, 5) is 25.2. The molecule has 3 aromatic carbocycles. The highest BCUT2D eigenvalue weighted by atomic mass is 16.5. The molecule has 0 aromatic heterocycles. The molecule has 0 radical (unpaired) electrons. The van der Waals surface area contributed by atoms with E-state index in [0.717, 1.165) is 24.3 Å². The Kier molecular flexibility index (Phi) is 10.8. The molecule has 4 heteroatoms. The number of para-hydroxylation sites is 1. The highest BCUT2D eigenvalue weighted by Gasteiger charge is 2.15. The van der Waals surface area contributed by atoms with Crippen molar-refractivity contribution in [3.63, 3.8) is 0 Å². The second-order valence-corrected chi connectivity index (χ2v) is 8.48. The van der Waals surface area contributed by atoms with E-state index in [4.69, 9.17) is 9.47 Å². The van der Waals surface area contributed by atoms with E-state index in [2.05, 4.69) is 6.92 Å². The maximum absolute atomic E-state index is 12.8. The first-order valence-corrected chi connectivity index (χ1v) is 12.5. The first-order valence-electron chi connectivity index (χ1n) is 12.5. The first kappa shape index (κ1) is 26.0. The van der Waals surface area contributed by atoms with Crippen LogP contribution in [0.5, 0.6) is 11.5 Å². The minimum Gasteiger partial charge on any atom is -0.494 e. The third-order valence-electron chi connectivity index (χ3n) is 5.69. The second kappa shape index (κ2) is 14.6. The van der Waals surface area contributed by atoms with Gasteiger partial charge in [-0.3, -0.25) is 4.79 Å². The summed E-state index contributed by atoms with van der Waals surface area (Å²) in [6.07, 6.45) is 11.8. The maximum Gasteiger partial charge on any atom is 0.336 e. The van der Waals surface area contributed by atoms with E-state index in [1.54, 1.807) is 54.6 Å². The zero-order valence-corrected chi connectivity index (χ0v) is 20.5. The summed E-state index contributed by atoms with van der Waals surface area (Å²) in [5.74, 6) is 0.330. The summed E-state index contributed by atoms with van der Waals surface area (Å²) in [5.41, 5.74) is 1.75. The van der Waals surface area contributed by atoms with E-state index in [9.17, 15) is 9.59 Å². The van der Waals surface area contributed by atoms with E-state index >= 15 is 0 Å². The average molecular weight is 471 g/mol. The van der Waals surface area contributed by atoms with Crippen molar-refractivity contribution in [1.29, 1.82) is 0 Å². The molecule has 0 bridgehead atoms. The van der Waals surface area contributed by atoms with Gasteiger partial charge in [-0.2, -0.15) is 0 Å². The van der Waals surface area contributed by atoms with Gasteiger partial charge in [-0.25, -0.2) is 4.79 Å². The van der Waals surface area contributed by atoms with Crippen LogP contribution < -0.4 is 9.47 Å². The Bertz CT molecular complexity index is 1080. The SMILES string of the molecule is CCCCCCCCCOc1ccc(/C=C/C(=O)Oc2ccccc2C(=O)c2ccccc2)cc1. The summed E-state index contributed by atoms with van der Waals surface area (Å²) in [6.45, 7) is 2.95. The first-order chi connectivity index (χ1) is 17.2. The van der Waals surface area contributed by atoms with Gasteiger partial charge in [-0.05, 0) is 42.3 Å². The largest absolute Gasteiger partial charge is 0.494 e. The predicted octanol–water partition coefficient (Wildman–Crippen LogP) is 7.67. The Hall–Kier alpha value is -3.66. The van der Waals surface area contributed by atoms with Crippen LogP contribution in [0.15, 0.2) is 84.9 Å². The predicted molar refractivity (Wildman–Crippen MR) is 141 cm³/mol. The number of hydrogen-bond donors (Lipinski definition) is 0. The molecule has 0 amide bonds. The average Bonchev–Trinajstić information content (AvgIpc) is 2.90. The fourth-order valence-electron chi connectivity index (χ4n) is 3.72. The summed E-state index contributed by atoms with van der Waals surface area (Å²) in [6, 6.07) is 23.3. The molecule has 0 aliphatic heterocycles. The molecule has 0 spiro atoms. The molecule has 0 heterocycles. The molecule has 0 saturated heterocycles. The van der Waals surface area contributed by atoms with Gasteiger partial charge >= 0.3 is 5.97 Å². The van der Waals surface area contributed by atoms with Crippen molar-refractivity contribution >= 4 is 17.8 Å². The molecule has 3 rings (SSSR count). The molecule has 0 atom stereocenters. The molecule has 0 aliphatic rings. The van der Waals surface area contributed by atoms with Crippen molar-refractivity contribution in [3.8, 4) is 11.5 Å². The zero-order chi connectivity index (χ0) is 24.7. The lowest BCUT2D eigenvalue weighted by Gasteiger charge is -2.08. The van der Waals surface area contributed by atoms with Crippen molar-refractivity contribution in [2.45, 2.75) is 51.9 Å². The number of esters is 1. The Morgan fingerprint density at radius 1 is 0.743 bits per heavy atom. The third kappa shape index (κ3) is 8.90. The molecule has 35 heavy (non-hydrogen) atoms. The summed E-state index contributed by atoms with van der Waals surface area (Å²) < 4.78 is 11.3. The Morgan fingerprint density at radius 3 is 2.14 bits per heavy atom. The normalized spacial score (nSPS) is 10.9. The fourth-order valence-corrected chi connectivity index (χ4v) is 3.72. The highest BCUT2D eigenvalue weighted by Crippen LogP contribution is 2.22. The molecule has 0 aliphatic carbocycles. The van der Waals surface area contributed by atoms with Crippen LogP contribution in [0.25, 0.3) is 6.08 Å². The zero-order valence-electron chi connectivity index (χ0n) is 20.5. The van der Waals surface area contributed by atoms with Gasteiger partial charge in [0.1, 0.15) is 11.5 Å². The molecular weight excluding hydrogens is 436 g/mol. The minimum atomic E-state index is -0.544. The smallest absolute Gasteiger partial charge is 0.336 e. The molecule has 0 unspecified atom stereocenters. The minimum absolute atomic E-state index is 0.190. The molecule has 182 valence electrons. The topological polar surface area (TPSA) is 52.6 Å². The van der Waals surface area contributed by atoms with E-state index in [0.29, 0.717) is 11.1 Å². The molecule has 0 fully saturated rings. The molecule has 0 saturated carbocycles. The van der Waals surface area contributed by atoms with E-state index in [1.807, 2.05) is 30.3 Å². The second-order valence-electron chi connectivity index (χ2n) is 8.48. The van der Waals surface area contributed by atoms with Crippen LogP contribution in [0.2, 0.25) is 0 Å². The van der Waals surface area contributed by atoms with Crippen LogP contribution >= 0.6 is 0 Å². The van der Waals surface area contributed by atoms with Gasteiger partial charge < -0.3 is 9.47 Å². The quantitative estimate of drug-likeness (QED) is 0.0797. The summed E-state index contributed by atoms with van der Waals surface area (Å²) >= 11 is 0. The lowest BCUT2D eigenvalue weighted by molar-refractivity contribution is -0.128. The number of ketones is 1. The van der Waals surface area contributed by atoms with Crippen molar-refractivity contribution in [3.05, 3.63) is 102 Å². The summed E-state index contributed by atoms with van der Waals surface area (Å²) in [5, 5.41) is 0. The number of unbranched alkanes of at least 4 members (excludes halogenated alkanes) is 6. The van der Waals surface area contributed by atoms with Crippen LogP contribution in [-0.2, 0) is 4.79 Å². The Morgan fingerprint density at radius 2 is 1.40 bits per heavy atom. The molecule has 4 nitrogen and oxygen atoms in total. The van der Waals surface area contributed by atoms with Crippen LogP contribution in [0.3, 0.4) is 0 Å². The number of ether oxygens (including phenoxy) is 2.